The van der Waals surface area contributed by atoms with Crippen LogP contribution in [0.5, 0.6) is 0 Å². The Morgan fingerprint density at radius 3 is 3.11 bits per heavy atom. The van der Waals surface area contributed by atoms with E-state index >= 15 is 0 Å². The zero-order valence-corrected chi connectivity index (χ0v) is 4.78. The molecule has 1 rings (SSSR count). The summed E-state index contributed by atoms with van der Waals surface area (Å²) in [5.74, 6) is 0.512. The van der Waals surface area contributed by atoms with Crippen LogP contribution < -0.4 is 5.73 Å². The second-order valence-electron chi connectivity index (χ2n) is 1.66. The average molecular weight is 128 g/mol. The van der Waals surface area contributed by atoms with Crippen molar-refractivity contribution in [2.45, 2.75) is 6.04 Å². The fraction of sp³-hybridized carbons (Fsp3) is 0.500. The van der Waals surface area contributed by atoms with Crippen LogP contribution in [0.15, 0.2) is 6.33 Å². The van der Waals surface area contributed by atoms with Gasteiger partial charge < -0.3 is 10.8 Å². The lowest BCUT2D eigenvalue weighted by Gasteiger charge is -2.00. The molecule has 0 fully saturated rings. The van der Waals surface area contributed by atoms with Gasteiger partial charge in [0.05, 0.1) is 12.6 Å². The van der Waals surface area contributed by atoms with Gasteiger partial charge in [-0.2, -0.15) is 5.10 Å². The highest BCUT2D eigenvalue weighted by molar-refractivity contribution is 4.88. The number of H-pyrrole nitrogens is 1. The van der Waals surface area contributed by atoms with Crippen LogP contribution in [0.3, 0.4) is 0 Å². The highest BCUT2D eigenvalue weighted by Crippen LogP contribution is 1.97. The number of rotatable bonds is 2. The van der Waals surface area contributed by atoms with Gasteiger partial charge in [0, 0.05) is 0 Å². The minimum atomic E-state index is -0.438. The molecule has 0 unspecified atom stereocenters. The van der Waals surface area contributed by atoms with Crippen molar-refractivity contribution in [3.05, 3.63) is 12.2 Å². The van der Waals surface area contributed by atoms with Crippen molar-refractivity contribution in [3.63, 3.8) is 0 Å². The third-order valence-corrected chi connectivity index (χ3v) is 0.982. The molecule has 0 radical (unpaired) electrons. The molecule has 1 aromatic rings. The number of nitrogens with two attached hydrogens (primary N) is 1. The minimum absolute atomic E-state index is 0.116. The van der Waals surface area contributed by atoms with Gasteiger partial charge in [0.25, 0.3) is 0 Å². The molecule has 5 nitrogen and oxygen atoms in total. The molecule has 50 valence electrons. The van der Waals surface area contributed by atoms with Crippen LogP contribution in [0.1, 0.15) is 11.9 Å². The lowest BCUT2D eigenvalue weighted by molar-refractivity contribution is 0.263. The van der Waals surface area contributed by atoms with E-state index in [1.807, 2.05) is 0 Å². The molecule has 0 spiro atoms. The summed E-state index contributed by atoms with van der Waals surface area (Å²) in [6, 6.07) is -0.438. The first kappa shape index (κ1) is 6.18. The Morgan fingerprint density at radius 2 is 2.67 bits per heavy atom. The quantitative estimate of drug-likeness (QED) is 0.466. The molecule has 0 amide bonds. The third kappa shape index (κ3) is 1.24. The molecular formula is C4H8N4O. The summed E-state index contributed by atoms with van der Waals surface area (Å²) < 4.78 is 0. The molecule has 4 N–H and O–H groups in total. The molecule has 0 aliphatic heterocycles. The van der Waals surface area contributed by atoms with Crippen molar-refractivity contribution in [1.82, 2.24) is 15.2 Å². The molecule has 0 aliphatic rings. The van der Waals surface area contributed by atoms with Crippen molar-refractivity contribution < 1.29 is 5.11 Å². The number of aliphatic hydroxyl groups excluding tert-OH is 1. The van der Waals surface area contributed by atoms with Gasteiger partial charge in [0.15, 0.2) is 0 Å². The Morgan fingerprint density at radius 1 is 1.89 bits per heavy atom. The summed E-state index contributed by atoms with van der Waals surface area (Å²) in [6.07, 6.45) is 1.35. The van der Waals surface area contributed by atoms with Crippen molar-refractivity contribution in [1.29, 1.82) is 0 Å². The molecule has 0 bridgehead atoms. The fourth-order valence-electron chi connectivity index (χ4n) is 0.480. The van der Waals surface area contributed by atoms with Gasteiger partial charge >= 0.3 is 0 Å². The summed E-state index contributed by atoms with van der Waals surface area (Å²) in [6.45, 7) is -0.116. The zero-order chi connectivity index (χ0) is 6.69. The molecule has 0 aliphatic carbocycles. The Bertz CT molecular complexity index is 161. The van der Waals surface area contributed by atoms with Crippen molar-refractivity contribution >= 4 is 0 Å². The van der Waals surface area contributed by atoms with Gasteiger partial charge in [0.2, 0.25) is 0 Å². The lowest BCUT2D eigenvalue weighted by atomic mass is 10.3. The Hall–Kier alpha value is -0.940. The Kier molecular flexibility index (Phi) is 1.76. The molecule has 0 saturated heterocycles. The van der Waals surface area contributed by atoms with E-state index in [-0.39, 0.29) is 6.61 Å². The van der Waals surface area contributed by atoms with Crippen LogP contribution in [-0.4, -0.2) is 26.9 Å². The molecule has 5 heteroatoms. The highest BCUT2D eigenvalue weighted by Gasteiger charge is 2.04. The van der Waals surface area contributed by atoms with E-state index in [2.05, 4.69) is 15.2 Å². The van der Waals surface area contributed by atoms with Crippen LogP contribution >= 0.6 is 0 Å². The van der Waals surface area contributed by atoms with Gasteiger partial charge in [-0.3, -0.25) is 5.10 Å². The minimum Gasteiger partial charge on any atom is -0.394 e. The second-order valence-corrected chi connectivity index (χ2v) is 1.66. The maximum Gasteiger partial charge on any atom is 0.143 e. The summed E-state index contributed by atoms with van der Waals surface area (Å²) >= 11 is 0. The number of hydrogen-bond donors (Lipinski definition) is 3. The monoisotopic (exact) mass is 128 g/mol. The predicted octanol–water partition coefficient (Wildman–Crippen LogP) is -1.20. The Labute approximate surface area is 51.9 Å². The number of aromatic nitrogens is 3. The summed E-state index contributed by atoms with van der Waals surface area (Å²) in [5.41, 5.74) is 5.35. The smallest absolute Gasteiger partial charge is 0.143 e. The Balaban J connectivity index is 2.65. The van der Waals surface area contributed by atoms with Crippen LogP contribution in [0.4, 0.5) is 0 Å². The summed E-state index contributed by atoms with van der Waals surface area (Å²) in [4.78, 5) is 3.74. The third-order valence-electron chi connectivity index (χ3n) is 0.982. The SMILES string of the molecule is N[C@H](CO)c1ncn[nH]1. The van der Waals surface area contributed by atoms with Crippen molar-refractivity contribution in [2.24, 2.45) is 5.73 Å². The average Bonchev–Trinajstić information content (AvgIpc) is 2.37. The molecule has 0 aromatic carbocycles. The topological polar surface area (TPSA) is 87.8 Å². The number of hydrogen-bond acceptors (Lipinski definition) is 4. The van der Waals surface area contributed by atoms with Gasteiger partial charge in [0.1, 0.15) is 12.2 Å². The normalized spacial score (nSPS) is 13.6. The molecule has 1 atom stereocenters. The standard InChI is InChI=1S/C4H8N4O/c5-3(1-9)4-6-2-7-8-4/h2-3,9H,1,5H2,(H,6,7,8)/t3-/m1/s1. The summed E-state index contributed by atoms with van der Waals surface area (Å²) in [7, 11) is 0. The van der Waals surface area contributed by atoms with Crippen LogP contribution in [0.2, 0.25) is 0 Å². The molecular weight excluding hydrogens is 120 g/mol. The van der Waals surface area contributed by atoms with E-state index in [1.165, 1.54) is 6.33 Å². The maximum atomic E-state index is 8.49. The zero-order valence-electron chi connectivity index (χ0n) is 4.78. The number of nitrogens with one attached hydrogen (secondary N) is 1. The van der Waals surface area contributed by atoms with E-state index in [1.54, 1.807) is 0 Å². The fourth-order valence-corrected chi connectivity index (χ4v) is 0.480. The van der Waals surface area contributed by atoms with Crippen molar-refractivity contribution in [2.75, 3.05) is 6.61 Å². The van der Waals surface area contributed by atoms with E-state index in [0.717, 1.165) is 0 Å². The number of aliphatic hydroxyl groups is 1. The van der Waals surface area contributed by atoms with E-state index < -0.39 is 6.04 Å². The highest BCUT2D eigenvalue weighted by atomic mass is 16.3. The van der Waals surface area contributed by atoms with E-state index in [9.17, 15) is 0 Å². The summed E-state index contributed by atoms with van der Waals surface area (Å²) in [5, 5.41) is 14.6. The van der Waals surface area contributed by atoms with E-state index in [0.29, 0.717) is 5.82 Å². The van der Waals surface area contributed by atoms with Crippen LogP contribution in [0.25, 0.3) is 0 Å². The number of nitrogens with zero attached hydrogens (tertiary/aromatic N) is 2. The van der Waals surface area contributed by atoms with Crippen molar-refractivity contribution in [3.8, 4) is 0 Å². The predicted molar refractivity (Wildman–Crippen MR) is 30.4 cm³/mol. The first-order valence-corrected chi connectivity index (χ1v) is 2.56. The van der Waals surface area contributed by atoms with Crippen LogP contribution in [-0.2, 0) is 0 Å². The van der Waals surface area contributed by atoms with Gasteiger partial charge in [-0.15, -0.1) is 0 Å². The molecule has 1 heterocycles. The van der Waals surface area contributed by atoms with Gasteiger partial charge in [-0.05, 0) is 0 Å². The molecule has 9 heavy (non-hydrogen) atoms. The van der Waals surface area contributed by atoms with Gasteiger partial charge in [-0.25, -0.2) is 4.98 Å². The second kappa shape index (κ2) is 2.56. The molecule has 1 aromatic heterocycles. The van der Waals surface area contributed by atoms with Crippen LogP contribution in [0, 0.1) is 0 Å². The molecule has 0 saturated carbocycles. The first-order chi connectivity index (χ1) is 4.34. The lowest BCUT2D eigenvalue weighted by Crippen LogP contribution is -2.15. The number of aromatic amines is 1. The van der Waals surface area contributed by atoms with Gasteiger partial charge in [-0.1, -0.05) is 0 Å². The largest absolute Gasteiger partial charge is 0.394 e. The van der Waals surface area contributed by atoms with E-state index in [4.69, 9.17) is 10.8 Å². The first-order valence-electron chi connectivity index (χ1n) is 2.56. The maximum absolute atomic E-state index is 8.49.